The second-order valence-electron chi connectivity index (χ2n) is 5.49. The molecule has 1 unspecified atom stereocenters. The van der Waals surface area contributed by atoms with Crippen LogP contribution < -0.4 is 0 Å². The average molecular weight is 464 g/mol. The van der Waals surface area contributed by atoms with Crippen molar-refractivity contribution in [1.82, 2.24) is 0 Å². The van der Waals surface area contributed by atoms with Gasteiger partial charge >= 0.3 is 45.2 Å². The highest BCUT2D eigenvalue weighted by molar-refractivity contribution is 7.87. The molecule has 0 radical (unpaired) electrons. The van der Waals surface area contributed by atoms with Crippen molar-refractivity contribution >= 4 is 22.1 Å². The standard InChI is InChI=1S/C13H15F7O8S/c1-4-8(21)28-11(12(16,17)18,9(22)27-7(2)3)26-6-5-10(14,15)13(19,20)29(23,24)25/h4,7H,1,5-6H2,2-3H3,(H,23,24,25). The maximum Gasteiger partial charge on any atom is 0.468 e. The van der Waals surface area contributed by atoms with E-state index in [1.807, 2.05) is 0 Å². The van der Waals surface area contributed by atoms with Crippen molar-refractivity contribution in [1.29, 1.82) is 0 Å². The smallest absolute Gasteiger partial charge is 0.458 e. The molecule has 0 saturated heterocycles. The largest absolute Gasteiger partial charge is 0.468 e. The Kier molecular flexibility index (Phi) is 8.24. The lowest BCUT2D eigenvalue weighted by atomic mass is 10.2. The van der Waals surface area contributed by atoms with Crippen molar-refractivity contribution in [3.8, 4) is 0 Å². The van der Waals surface area contributed by atoms with Gasteiger partial charge in [-0.2, -0.15) is 39.2 Å². The van der Waals surface area contributed by atoms with Crippen molar-refractivity contribution < 1.29 is 67.5 Å². The molecule has 0 spiro atoms. The van der Waals surface area contributed by atoms with Crippen LogP contribution in [0.2, 0.25) is 0 Å². The lowest BCUT2D eigenvalue weighted by molar-refractivity contribution is -0.357. The number of hydrogen-bond donors (Lipinski definition) is 1. The van der Waals surface area contributed by atoms with E-state index < -0.39 is 64.3 Å². The van der Waals surface area contributed by atoms with Crippen LogP contribution in [0.3, 0.4) is 0 Å². The summed E-state index contributed by atoms with van der Waals surface area (Å²) in [4.78, 5) is 23.0. The Balaban J connectivity index is 5.93. The van der Waals surface area contributed by atoms with Crippen LogP contribution in [0.15, 0.2) is 12.7 Å². The highest BCUT2D eigenvalue weighted by Crippen LogP contribution is 2.42. The van der Waals surface area contributed by atoms with Gasteiger partial charge in [0.2, 0.25) is 0 Å². The van der Waals surface area contributed by atoms with Gasteiger partial charge in [0.1, 0.15) is 0 Å². The van der Waals surface area contributed by atoms with Crippen molar-refractivity contribution in [2.45, 2.75) is 49.5 Å². The molecule has 1 atom stereocenters. The number of halogens is 7. The van der Waals surface area contributed by atoms with Gasteiger partial charge in [-0.1, -0.05) is 6.58 Å². The van der Waals surface area contributed by atoms with Crippen LogP contribution in [0.5, 0.6) is 0 Å². The Hall–Kier alpha value is -1.94. The topological polar surface area (TPSA) is 116 Å². The van der Waals surface area contributed by atoms with E-state index in [9.17, 15) is 48.7 Å². The van der Waals surface area contributed by atoms with E-state index >= 15 is 0 Å². The SMILES string of the molecule is C=CC(=O)OC(OCCC(F)(F)C(F)(F)S(=O)(=O)O)(C(=O)OC(C)C)C(F)(F)F. The third kappa shape index (κ3) is 6.02. The van der Waals surface area contributed by atoms with Gasteiger partial charge in [-0.3, -0.25) is 4.55 Å². The van der Waals surface area contributed by atoms with Crippen LogP contribution in [-0.4, -0.2) is 60.8 Å². The van der Waals surface area contributed by atoms with Gasteiger partial charge in [0, 0.05) is 12.5 Å². The Labute approximate surface area is 159 Å². The predicted octanol–water partition coefficient (Wildman–Crippen LogP) is 2.45. The fourth-order valence-electron chi connectivity index (χ4n) is 1.52. The van der Waals surface area contributed by atoms with Gasteiger partial charge in [0.25, 0.3) is 0 Å². The Morgan fingerprint density at radius 1 is 1.10 bits per heavy atom. The third-order valence-electron chi connectivity index (χ3n) is 2.87. The zero-order valence-corrected chi connectivity index (χ0v) is 15.5. The van der Waals surface area contributed by atoms with Crippen LogP contribution in [0.4, 0.5) is 30.7 Å². The molecule has 0 aromatic heterocycles. The van der Waals surface area contributed by atoms with Gasteiger partial charge in [-0.05, 0) is 13.8 Å². The quantitative estimate of drug-likeness (QED) is 0.172. The number of alkyl halides is 7. The van der Waals surface area contributed by atoms with Crippen LogP contribution in [0.1, 0.15) is 20.3 Å². The van der Waals surface area contributed by atoms with Gasteiger partial charge in [-0.25, -0.2) is 9.59 Å². The molecule has 0 bridgehead atoms. The van der Waals surface area contributed by atoms with Crippen LogP contribution in [0.25, 0.3) is 0 Å². The highest BCUT2D eigenvalue weighted by Gasteiger charge is 2.69. The minimum Gasteiger partial charge on any atom is -0.458 e. The second kappa shape index (κ2) is 8.83. The zero-order chi connectivity index (χ0) is 23.5. The first kappa shape index (κ1) is 27.1. The average Bonchev–Trinajstić information content (AvgIpc) is 2.50. The molecule has 0 rings (SSSR count). The molecule has 8 nitrogen and oxygen atoms in total. The first-order valence-electron chi connectivity index (χ1n) is 7.25. The molecule has 0 fully saturated rings. The maximum absolute atomic E-state index is 13.4. The minimum absolute atomic E-state index is 0.146. The highest BCUT2D eigenvalue weighted by atomic mass is 32.2. The number of ether oxygens (including phenoxy) is 3. The summed E-state index contributed by atoms with van der Waals surface area (Å²) < 4.78 is 134. The van der Waals surface area contributed by atoms with Crippen LogP contribution >= 0.6 is 0 Å². The van der Waals surface area contributed by atoms with Crippen molar-refractivity contribution in [2.24, 2.45) is 0 Å². The van der Waals surface area contributed by atoms with E-state index in [2.05, 4.69) is 20.8 Å². The van der Waals surface area contributed by atoms with Gasteiger partial charge < -0.3 is 14.2 Å². The molecule has 0 heterocycles. The van der Waals surface area contributed by atoms with Gasteiger partial charge in [0.05, 0.1) is 12.7 Å². The van der Waals surface area contributed by atoms with Crippen molar-refractivity contribution in [3.63, 3.8) is 0 Å². The molecule has 0 aliphatic rings. The fraction of sp³-hybridized carbons (Fsp3) is 0.692. The van der Waals surface area contributed by atoms with E-state index in [1.54, 1.807) is 0 Å². The van der Waals surface area contributed by atoms with Crippen LogP contribution in [-0.2, 0) is 33.9 Å². The zero-order valence-electron chi connectivity index (χ0n) is 14.6. The summed E-state index contributed by atoms with van der Waals surface area (Å²) >= 11 is 0. The lowest BCUT2D eigenvalue weighted by Gasteiger charge is -2.33. The number of hydrogen-bond acceptors (Lipinski definition) is 7. The molecular formula is C13H15F7O8S. The minimum atomic E-state index is -6.66. The monoisotopic (exact) mass is 464 g/mol. The Bertz CT molecular complexity index is 732. The molecule has 0 amide bonds. The second-order valence-corrected chi connectivity index (χ2v) is 6.95. The van der Waals surface area contributed by atoms with E-state index in [4.69, 9.17) is 4.55 Å². The lowest BCUT2D eigenvalue weighted by Crippen LogP contribution is -2.59. The molecule has 16 heteroatoms. The Morgan fingerprint density at radius 3 is 1.93 bits per heavy atom. The van der Waals surface area contributed by atoms with E-state index in [-0.39, 0.29) is 6.08 Å². The Morgan fingerprint density at radius 2 is 1.59 bits per heavy atom. The molecule has 29 heavy (non-hydrogen) atoms. The number of rotatable bonds is 10. The van der Waals surface area contributed by atoms with Crippen LogP contribution in [0, 0.1) is 0 Å². The van der Waals surface area contributed by atoms with Gasteiger partial charge in [0.15, 0.2) is 0 Å². The molecule has 1 N–H and O–H groups in total. The summed E-state index contributed by atoms with van der Waals surface area (Å²) in [5.74, 6) is -14.6. The number of esters is 2. The first-order chi connectivity index (χ1) is 12.7. The summed E-state index contributed by atoms with van der Waals surface area (Å²) in [6.45, 7) is 2.80. The maximum atomic E-state index is 13.4. The van der Waals surface area contributed by atoms with E-state index in [0.717, 1.165) is 13.8 Å². The molecule has 170 valence electrons. The molecule has 0 aromatic carbocycles. The summed E-state index contributed by atoms with van der Waals surface area (Å²) in [7, 11) is -6.66. The van der Waals surface area contributed by atoms with Crippen molar-refractivity contribution in [2.75, 3.05) is 6.61 Å². The first-order valence-corrected chi connectivity index (χ1v) is 8.69. The summed E-state index contributed by atoms with van der Waals surface area (Å²) in [5, 5.41) is -6.10. The number of carbonyl (C=O) groups excluding carboxylic acids is 2. The molecule has 0 aliphatic carbocycles. The van der Waals surface area contributed by atoms with E-state index in [1.165, 1.54) is 0 Å². The normalized spacial score (nSPS) is 15.6. The fourth-order valence-corrected chi connectivity index (χ4v) is 2.00. The third-order valence-corrected chi connectivity index (χ3v) is 3.81. The predicted molar refractivity (Wildman–Crippen MR) is 78.3 cm³/mol. The molecule has 0 aromatic rings. The van der Waals surface area contributed by atoms with E-state index in [0.29, 0.717) is 0 Å². The summed E-state index contributed by atoms with van der Waals surface area (Å²) in [6, 6.07) is 0. The molecular weight excluding hydrogens is 449 g/mol. The number of carbonyl (C=O) groups is 2. The van der Waals surface area contributed by atoms with Gasteiger partial charge in [-0.15, -0.1) is 0 Å². The molecule has 0 aliphatic heterocycles. The summed E-state index contributed by atoms with van der Waals surface area (Å²) in [5.41, 5.74) is 0. The molecule has 0 saturated carbocycles. The summed E-state index contributed by atoms with van der Waals surface area (Å²) in [6.07, 6.45) is -9.50. The van der Waals surface area contributed by atoms with Crippen molar-refractivity contribution in [3.05, 3.63) is 12.7 Å².